The Balaban J connectivity index is 1.82. The van der Waals surface area contributed by atoms with Gasteiger partial charge in [0.1, 0.15) is 11.6 Å². The van der Waals surface area contributed by atoms with Gasteiger partial charge in [0.2, 0.25) is 0 Å². The zero-order valence-electron chi connectivity index (χ0n) is 13.2. The van der Waals surface area contributed by atoms with Gasteiger partial charge in [0.05, 0.1) is 10.6 Å². The molecule has 25 heavy (non-hydrogen) atoms. The zero-order valence-corrected chi connectivity index (χ0v) is 14.0. The fraction of sp³-hybridized carbons (Fsp3) is 0.278. The fourth-order valence-electron chi connectivity index (χ4n) is 2.92. The summed E-state index contributed by atoms with van der Waals surface area (Å²) in [5.74, 6) is -0.505. The summed E-state index contributed by atoms with van der Waals surface area (Å²) in [6.07, 6.45) is -4.26. The second kappa shape index (κ2) is 6.26. The number of hydrogen-bond donors (Lipinski definition) is 1. The molecule has 1 aliphatic rings. The van der Waals surface area contributed by atoms with E-state index in [1.54, 1.807) is 6.92 Å². The molecule has 1 fully saturated rings. The molecule has 0 saturated carbocycles. The minimum absolute atomic E-state index is 0.163. The highest BCUT2D eigenvalue weighted by atomic mass is 35.5. The number of carbonyl (C=O) groups excluding carboxylic acids is 1. The number of nitrogens with one attached hydrogen (secondary N) is 1. The molecule has 1 saturated heterocycles. The summed E-state index contributed by atoms with van der Waals surface area (Å²) >= 11 is 5.61. The molecule has 0 aliphatic carbocycles. The molecule has 1 N–H and O–H groups in total. The molecule has 7 heteroatoms. The third-order valence-corrected chi connectivity index (χ3v) is 4.53. The number of anilines is 1. The van der Waals surface area contributed by atoms with Crippen LogP contribution in [-0.4, -0.2) is 12.0 Å². The summed E-state index contributed by atoms with van der Waals surface area (Å²) in [5.41, 5.74) is -0.776. The van der Waals surface area contributed by atoms with Gasteiger partial charge >= 0.3 is 12.1 Å². The van der Waals surface area contributed by atoms with Crippen LogP contribution in [0.5, 0.6) is 0 Å². The Morgan fingerprint density at radius 2 is 1.88 bits per heavy atom. The molecule has 2 atom stereocenters. The van der Waals surface area contributed by atoms with Crippen molar-refractivity contribution in [3.8, 4) is 0 Å². The van der Waals surface area contributed by atoms with Crippen LogP contribution in [0.2, 0.25) is 5.02 Å². The summed E-state index contributed by atoms with van der Waals surface area (Å²) in [4.78, 5) is 12.2. The minimum Gasteiger partial charge on any atom is -0.453 e. The van der Waals surface area contributed by atoms with Crippen molar-refractivity contribution >= 4 is 23.3 Å². The predicted octanol–water partition coefficient (Wildman–Crippen LogP) is 5.00. The molecule has 0 amide bonds. The van der Waals surface area contributed by atoms with Crippen molar-refractivity contribution in [2.24, 2.45) is 0 Å². The van der Waals surface area contributed by atoms with Crippen LogP contribution in [0.4, 0.5) is 18.9 Å². The van der Waals surface area contributed by atoms with E-state index in [9.17, 15) is 18.0 Å². The number of cyclic esters (lactones) is 1. The molecule has 2 aromatic carbocycles. The quantitative estimate of drug-likeness (QED) is 0.773. The normalized spacial score (nSPS) is 23.4. The summed E-state index contributed by atoms with van der Waals surface area (Å²) in [5, 5.41) is 2.43. The molecule has 0 spiro atoms. The second-order valence-corrected chi connectivity index (χ2v) is 6.52. The van der Waals surface area contributed by atoms with Crippen LogP contribution in [0.3, 0.4) is 0 Å². The zero-order chi connectivity index (χ0) is 18.2. The largest absolute Gasteiger partial charge is 0.453 e. The highest BCUT2D eigenvalue weighted by Crippen LogP contribution is 2.39. The maximum atomic E-state index is 13.0. The molecule has 2 aromatic rings. The Hall–Kier alpha value is -2.21. The Morgan fingerprint density at radius 3 is 2.52 bits per heavy atom. The topological polar surface area (TPSA) is 38.3 Å². The fourth-order valence-corrected chi connectivity index (χ4v) is 3.14. The number of rotatable bonds is 3. The smallest absolute Gasteiger partial charge is 0.417 e. The molecule has 0 aromatic heterocycles. The summed E-state index contributed by atoms with van der Waals surface area (Å²) < 4.78 is 44.4. The summed E-state index contributed by atoms with van der Waals surface area (Å²) in [6, 6.07) is 11.9. The standard InChI is InChI=1S/C18H15ClF3NO2/c1-17(11-5-3-2-4-6-11)10-15(16(24)25-17)23-12-7-8-14(19)13(9-12)18(20,21)22/h2-9,15,23H,10H2,1H3. The average molecular weight is 370 g/mol. The second-order valence-electron chi connectivity index (χ2n) is 6.11. The van der Waals surface area contributed by atoms with E-state index >= 15 is 0 Å². The van der Waals surface area contributed by atoms with Gasteiger partial charge in [-0.3, -0.25) is 0 Å². The Labute approximate surface area is 147 Å². The lowest BCUT2D eigenvalue weighted by Crippen LogP contribution is -2.25. The highest BCUT2D eigenvalue weighted by molar-refractivity contribution is 6.31. The first-order chi connectivity index (χ1) is 11.7. The van der Waals surface area contributed by atoms with E-state index < -0.39 is 29.4 Å². The maximum absolute atomic E-state index is 13.0. The number of ether oxygens (including phenoxy) is 1. The molecule has 0 radical (unpaired) electrons. The Kier molecular flexibility index (Phi) is 4.41. The first kappa shape index (κ1) is 17.6. The third-order valence-electron chi connectivity index (χ3n) is 4.20. The van der Waals surface area contributed by atoms with E-state index in [-0.39, 0.29) is 10.7 Å². The monoisotopic (exact) mass is 369 g/mol. The van der Waals surface area contributed by atoms with Crippen LogP contribution < -0.4 is 5.32 Å². The van der Waals surface area contributed by atoms with Crippen molar-refractivity contribution in [3.05, 3.63) is 64.7 Å². The Bertz CT molecular complexity index is 795. The van der Waals surface area contributed by atoms with Gasteiger partial charge in [-0.05, 0) is 30.7 Å². The molecule has 0 bridgehead atoms. The van der Waals surface area contributed by atoms with E-state index in [0.29, 0.717) is 6.42 Å². The van der Waals surface area contributed by atoms with Gasteiger partial charge in [-0.25, -0.2) is 4.79 Å². The highest BCUT2D eigenvalue weighted by Gasteiger charge is 2.44. The van der Waals surface area contributed by atoms with E-state index in [1.165, 1.54) is 6.07 Å². The molecule has 132 valence electrons. The average Bonchev–Trinajstić information content (AvgIpc) is 2.84. The predicted molar refractivity (Wildman–Crippen MR) is 88.4 cm³/mol. The van der Waals surface area contributed by atoms with Gasteiger partial charge in [-0.2, -0.15) is 13.2 Å². The van der Waals surface area contributed by atoms with Crippen LogP contribution in [0.15, 0.2) is 48.5 Å². The number of alkyl halides is 3. The van der Waals surface area contributed by atoms with Crippen LogP contribution in [-0.2, 0) is 21.3 Å². The van der Waals surface area contributed by atoms with Crippen LogP contribution in [0.1, 0.15) is 24.5 Å². The lowest BCUT2D eigenvalue weighted by atomic mass is 9.91. The first-order valence-electron chi connectivity index (χ1n) is 7.61. The van der Waals surface area contributed by atoms with Crippen molar-refractivity contribution in [2.45, 2.75) is 31.2 Å². The van der Waals surface area contributed by atoms with Crippen molar-refractivity contribution < 1.29 is 22.7 Å². The number of esters is 1. The number of benzene rings is 2. The van der Waals surface area contributed by atoms with E-state index in [0.717, 1.165) is 17.7 Å². The third kappa shape index (κ3) is 3.58. The number of carbonyl (C=O) groups is 1. The van der Waals surface area contributed by atoms with Gasteiger partial charge in [-0.15, -0.1) is 0 Å². The van der Waals surface area contributed by atoms with Gasteiger partial charge in [-0.1, -0.05) is 41.9 Å². The summed E-state index contributed by atoms with van der Waals surface area (Å²) in [7, 11) is 0. The van der Waals surface area contributed by atoms with Crippen molar-refractivity contribution in [1.82, 2.24) is 0 Å². The van der Waals surface area contributed by atoms with E-state index in [4.69, 9.17) is 16.3 Å². The number of halogens is 4. The summed E-state index contributed by atoms with van der Waals surface area (Å²) in [6.45, 7) is 1.78. The maximum Gasteiger partial charge on any atom is 0.417 e. The van der Waals surface area contributed by atoms with E-state index in [2.05, 4.69) is 5.32 Å². The van der Waals surface area contributed by atoms with Crippen LogP contribution in [0, 0.1) is 0 Å². The van der Waals surface area contributed by atoms with Crippen molar-refractivity contribution in [2.75, 3.05) is 5.32 Å². The number of hydrogen-bond acceptors (Lipinski definition) is 3. The minimum atomic E-state index is -4.57. The molecule has 1 heterocycles. The molecular formula is C18H15ClF3NO2. The van der Waals surface area contributed by atoms with Crippen molar-refractivity contribution in [1.29, 1.82) is 0 Å². The molecule has 3 nitrogen and oxygen atoms in total. The van der Waals surface area contributed by atoms with E-state index in [1.807, 2.05) is 30.3 Å². The Morgan fingerprint density at radius 1 is 1.20 bits per heavy atom. The molecule has 2 unspecified atom stereocenters. The van der Waals surface area contributed by atoms with Crippen molar-refractivity contribution in [3.63, 3.8) is 0 Å². The SMILES string of the molecule is CC1(c2ccccc2)CC(Nc2ccc(Cl)c(C(F)(F)F)c2)C(=O)O1. The molecular weight excluding hydrogens is 355 g/mol. The van der Waals surface area contributed by atoms with Gasteiger partial charge in [0, 0.05) is 12.1 Å². The van der Waals surface area contributed by atoms with Crippen LogP contribution in [0.25, 0.3) is 0 Å². The van der Waals surface area contributed by atoms with Gasteiger partial charge in [0.15, 0.2) is 0 Å². The van der Waals surface area contributed by atoms with Crippen LogP contribution >= 0.6 is 11.6 Å². The van der Waals surface area contributed by atoms with Gasteiger partial charge in [0.25, 0.3) is 0 Å². The lowest BCUT2D eigenvalue weighted by molar-refractivity contribution is -0.148. The lowest BCUT2D eigenvalue weighted by Gasteiger charge is -2.23. The first-order valence-corrected chi connectivity index (χ1v) is 7.98. The molecule has 1 aliphatic heterocycles. The molecule has 3 rings (SSSR count). The van der Waals surface area contributed by atoms with Gasteiger partial charge < -0.3 is 10.1 Å².